The van der Waals surface area contributed by atoms with Gasteiger partial charge in [0.25, 0.3) is 0 Å². The highest BCUT2D eigenvalue weighted by molar-refractivity contribution is 7.99. The van der Waals surface area contributed by atoms with Crippen molar-refractivity contribution >= 4 is 11.8 Å². The summed E-state index contributed by atoms with van der Waals surface area (Å²) in [6, 6.07) is 3.81. The second-order valence-electron chi connectivity index (χ2n) is 1.56. The molecule has 1 aromatic rings. The normalized spacial score (nSPS) is 9.44. The number of aromatic nitrogens is 2. The van der Waals surface area contributed by atoms with Gasteiger partial charge in [-0.25, -0.2) is 0 Å². The minimum Gasteiger partial charge on any atom is -0.159 e. The molecule has 1 radical (unpaired) electrons. The Morgan fingerprint density at radius 3 is 3.11 bits per heavy atom. The molecule has 3 heteroatoms. The summed E-state index contributed by atoms with van der Waals surface area (Å²) in [5, 5.41) is 7.57. The highest BCUT2D eigenvalue weighted by Gasteiger charge is 1.88. The molecule has 9 heavy (non-hydrogen) atoms. The van der Waals surface area contributed by atoms with Crippen LogP contribution in [-0.2, 0) is 5.75 Å². The molecule has 0 amide bonds. The average Bonchev–Trinajstić information content (AvgIpc) is 1.91. The Morgan fingerprint density at radius 1 is 1.67 bits per heavy atom. The molecule has 0 unspecified atom stereocenters. The molecule has 1 aromatic heterocycles. The van der Waals surface area contributed by atoms with Crippen molar-refractivity contribution in [3.63, 3.8) is 0 Å². The quantitative estimate of drug-likeness (QED) is 0.621. The van der Waals surface area contributed by atoms with Crippen LogP contribution in [0.5, 0.6) is 0 Å². The zero-order valence-electron chi connectivity index (χ0n) is 4.95. The summed E-state index contributed by atoms with van der Waals surface area (Å²) in [5.41, 5.74) is 0.984. The Kier molecular flexibility index (Phi) is 2.51. The lowest BCUT2D eigenvalue weighted by molar-refractivity contribution is 0.972. The molecule has 0 spiro atoms. The number of thioether (sulfide) groups is 1. The molecule has 0 saturated heterocycles. The molecular weight excluding hydrogens is 132 g/mol. The summed E-state index contributed by atoms with van der Waals surface area (Å²) in [7, 11) is 0. The van der Waals surface area contributed by atoms with Gasteiger partial charge in [0.1, 0.15) is 0 Å². The van der Waals surface area contributed by atoms with Gasteiger partial charge in [0, 0.05) is 18.2 Å². The van der Waals surface area contributed by atoms with E-state index in [1.165, 1.54) is 11.8 Å². The molecule has 2 nitrogen and oxygen atoms in total. The molecule has 0 aromatic carbocycles. The van der Waals surface area contributed by atoms with Gasteiger partial charge in [0.05, 0.1) is 5.69 Å². The number of nitrogens with zero attached hydrogens (tertiary/aromatic N) is 2. The summed E-state index contributed by atoms with van der Waals surface area (Å²) in [4.78, 5) is 0. The van der Waals surface area contributed by atoms with Crippen LogP contribution in [0.1, 0.15) is 5.69 Å². The van der Waals surface area contributed by atoms with Crippen LogP contribution in [0.15, 0.2) is 18.3 Å². The number of rotatable bonds is 2. The van der Waals surface area contributed by atoms with E-state index >= 15 is 0 Å². The summed E-state index contributed by atoms with van der Waals surface area (Å²) in [6.45, 7) is 0. The van der Waals surface area contributed by atoms with Gasteiger partial charge in [-0.05, 0) is 12.1 Å². The van der Waals surface area contributed by atoms with Crippen molar-refractivity contribution < 1.29 is 0 Å². The van der Waals surface area contributed by atoms with Crippen LogP contribution < -0.4 is 0 Å². The fourth-order valence-electron chi connectivity index (χ4n) is 0.515. The first kappa shape index (κ1) is 6.55. The Bertz CT molecular complexity index is 164. The van der Waals surface area contributed by atoms with E-state index in [4.69, 9.17) is 0 Å². The van der Waals surface area contributed by atoms with Crippen LogP contribution in [0.2, 0.25) is 0 Å². The first-order chi connectivity index (χ1) is 4.43. The van der Waals surface area contributed by atoms with E-state index < -0.39 is 0 Å². The standard InChI is InChI=1S/C6H7N2S/c1-9-5-6-3-2-4-7-8-6/h2-4H,1,5H2. The predicted molar refractivity (Wildman–Crippen MR) is 38.7 cm³/mol. The van der Waals surface area contributed by atoms with Crippen molar-refractivity contribution in [2.24, 2.45) is 0 Å². The molecule has 0 aliphatic carbocycles. The van der Waals surface area contributed by atoms with Crippen molar-refractivity contribution in [1.29, 1.82) is 0 Å². The van der Waals surface area contributed by atoms with Crippen molar-refractivity contribution in [3.05, 3.63) is 30.3 Å². The monoisotopic (exact) mass is 139 g/mol. The Hall–Kier alpha value is -0.570. The van der Waals surface area contributed by atoms with Gasteiger partial charge in [0.15, 0.2) is 0 Å². The molecule has 47 valence electrons. The second kappa shape index (κ2) is 3.45. The number of hydrogen-bond acceptors (Lipinski definition) is 3. The van der Waals surface area contributed by atoms with E-state index in [1.54, 1.807) is 6.20 Å². The summed E-state index contributed by atoms with van der Waals surface area (Å²) < 4.78 is 0. The first-order valence-corrected chi connectivity index (χ1v) is 3.72. The fourth-order valence-corrected chi connectivity index (χ4v) is 0.878. The van der Waals surface area contributed by atoms with Gasteiger partial charge >= 0.3 is 0 Å². The molecule has 0 saturated carbocycles. The van der Waals surface area contributed by atoms with E-state index in [0.717, 1.165) is 11.4 Å². The SMILES string of the molecule is [CH2]SCc1cccnn1. The molecule has 0 fully saturated rings. The molecule has 0 N–H and O–H groups in total. The third-order valence-electron chi connectivity index (χ3n) is 0.877. The fraction of sp³-hybridized carbons (Fsp3) is 0.167. The summed E-state index contributed by atoms with van der Waals surface area (Å²) >= 11 is 1.50. The lowest BCUT2D eigenvalue weighted by Crippen LogP contribution is -1.86. The number of hydrogen-bond donors (Lipinski definition) is 0. The van der Waals surface area contributed by atoms with Gasteiger partial charge in [-0.1, -0.05) is 0 Å². The maximum Gasteiger partial charge on any atom is 0.0729 e. The first-order valence-electron chi connectivity index (χ1n) is 2.57. The lowest BCUT2D eigenvalue weighted by Gasteiger charge is -1.91. The van der Waals surface area contributed by atoms with Crippen LogP contribution in [-0.4, -0.2) is 10.2 Å². The average molecular weight is 139 g/mol. The third-order valence-corrected chi connectivity index (χ3v) is 1.38. The van der Waals surface area contributed by atoms with E-state index in [0.29, 0.717) is 0 Å². The molecule has 0 aliphatic heterocycles. The van der Waals surface area contributed by atoms with Crippen LogP contribution in [0.25, 0.3) is 0 Å². The van der Waals surface area contributed by atoms with Crippen LogP contribution in [0.3, 0.4) is 0 Å². The predicted octanol–water partition coefficient (Wildman–Crippen LogP) is 1.50. The largest absolute Gasteiger partial charge is 0.159 e. The minimum atomic E-state index is 0.841. The van der Waals surface area contributed by atoms with Crippen LogP contribution in [0, 0.1) is 6.26 Å². The molecule has 0 aliphatic rings. The highest BCUT2D eigenvalue weighted by Crippen LogP contribution is 2.04. The summed E-state index contributed by atoms with van der Waals surface area (Å²) in [5.74, 6) is 0.841. The minimum absolute atomic E-state index is 0.841. The van der Waals surface area contributed by atoms with Gasteiger partial charge in [-0.3, -0.25) is 0 Å². The smallest absolute Gasteiger partial charge is 0.0729 e. The van der Waals surface area contributed by atoms with Crippen LogP contribution in [0.4, 0.5) is 0 Å². The second-order valence-corrected chi connectivity index (χ2v) is 2.26. The topological polar surface area (TPSA) is 25.8 Å². The van der Waals surface area contributed by atoms with Gasteiger partial charge in [-0.2, -0.15) is 22.0 Å². The summed E-state index contributed by atoms with van der Waals surface area (Å²) in [6.07, 6.45) is 5.29. The van der Waals surface area contributed by atoms with Gasteiger partial charge < -0.3 is 0 Å². The van der Waals surface area contributed by atoms with E-state index in [-0.39, 0.29) is 0 Å². The van der Waals surface area contributed by atoms with Crippen molar-refractivity contribution in [2.45, 2.75) is 5.75 Å². The Labute approximate surface area is 58.7 Å². The van der Waals surface area contributed by atoms with Crippen molar-refractivity contribution in [2.75, 3.05) is 0 Å². The van der Waals surface area contributed by atoms with E-state index in [9.17, 15) is 0 Å². The highest BCUT2D eigenvalue weighted by atomic mass is 32.2. The maximum atomic E-state index is 3.86. The molecule has 0 bridgehead atoms. The maximum absolute atomic E-state index is 3.86. The van der Waals surface area contributed by atoms with Gasteiger partial charge in [0.2, 0.25) is 0 Å². The molecular formula is C6H7N2S. The molecule has 1 heterocycles. The zero-order chi connectivity index (χ0) is 6.53. The van der Waals surface area contributed by atoms with Crippen molar-refractivity contribution in [3.8, 4) is 0 Å². The Balaban J connectivity index is 2.61. The molecule has 0 atom stereocenters. The lowest BCUT2D eigenvalue weighted by atomic mass is 10.4. The van der Waals surface area contributed by atoms with E-state index in [1.807, 2.05) is 12.1 Å². The van der Waals surface area contributed by atoms with Crippen LogP contribution >= 0.6 is 11.8 Å². The third kappa shape index (κ3) is 2.01. The van der Waals surface area contributed by atoms with Gasteiger partial charge in [-0.15, -0.1) is 0 Å². The molecule has 1 rings (SSSR count). The van der Waals surface area contributed by atoms with E-state index in [2.05, 4.69) is 16.5 Å². The van der Waals surface area contributed by atoms with Crippen molar-refractivity contribution in [1.82, 2.24) is 10.2 Å². The zero-order valence-corrected chi connectivity index (χ0v) is 5.77. The Morgan fingerprint density at radius 2 is 2.56 bits per heavy atom.